The predicted octanol–water partition coefficient (Wildman–Crippen LogP) is 11.2. The van der Waals surface area contributed by atoms with Gasteiger partial charge in [0.15, 0.2) is 17.4 Å². The summed E-state index contributed by atoms with van der Waals surface area (Å²) in [6, 6.07) is 0. The summed E-state index contributed by atoms with van der Waals surface area (Å²) >= 11 is 0. The Morgan fingerprint density at radius 2 is 0.537 bits per heavy atom. The molecule has 0 saturated carbocycles. The van der Waals surface area contributed by atoms with E-state index in [1.54, 1.807) is 0 Å². The van der Waals surface area contributed by atoms with Gasteiger partial charge in [0.1, 0.15) is 0 Å². The van der Waals surface area contributed by atoms with Gasteiger partial charge in [-0.15, -0.1) is 0 Å². The molecule has 0 saturated heterocycles. The molecular formula is C36H75AlCaO3. The predicted molar refractivity (Wildman–Crippen MR) is 188 cm³/mol. The largest absolute Gasteiger partial charge is 2.00 e. The van der Waals surface area contributed by atoms with Crippen LogP contribution in [0, 0.1) is 0 Å². The van der Waals surface area contributed by atoms with E-state index in [0.29, 0.717) is 12.8 Å². The number of ether oxygens (including phenoxy) is 1. The van der Waals surface area contributed by atoms with E-state index in [-0.39, 0.29) is 69.9 Å². The minimum absolute atomic E-state index is 0. The van der Waals surface area contributed by atoms with Gasteiger partial charge in [0, 0.05) is 12.8 Å². The van der Waals surface area contributed by atoms with E-state index < -0.39 is 0 Å². The third-order valence-electron chi connectivity index (χ3n) is 8.20. The van der Waals surface area contributed by atoms with E-state index in [1.165, 1.54) is 167 Å². The molecule has 242 valence electrons. The molecule has 0 aromatic heterocycles. The molecule has 41 heavy (non-hydrogen) atoms. The SMILES string of the molecule is CCCCCCCCCCCCCCCCCC(=O)OC(=O)CCCCCCCCCCCCCCCCC.[AlH3].[Ca+2].[H-].[H-]. The van der Waals surface area contributed by atoms with Gasteiger partial charge in [-0.1, -0.05) is 194 Å². The molecule has 0 fully saturated rings. The first kappa shape index (κ1) is 46.4. The number of carbonyl (C=O) groups is 2. The maximum atomic E-state index is 11.9. The van der Waals surface area contributed by atoms with Crippen molar-refractivity contribution in [1.29, 1.82) is 0 Å². The average molecular weight is 623 g/mol. The fourth-order valence-corrected chi connectivity index (χ4v) is 5.51. The molecule has 0 heterocycles. The van der Waals surface area contributed by atoms with Crippen LogP contribution in [0.5, 0.6) is 0 Å². The molecule has 0 aromatic rings. The van der Waals surface area contributed by atoms with E-state index in [0.717, 1.165) is 25.7 Å². The Morgan fingerprint density at radius 3 is 0.732 bits per heavy atom. The van der Waals surface area contributed by atoms with Gasteiger partial charge >= 0.3 is 49.7 Å². The van der Waals surface area contributed by atoms with Crippen LogP contribution in [0.25, 0.3) is 0 Å². The van der Waals surface area contributed by atoms with Crippen LogP contribution in [0.3, 0.4) is 0 Å². The number of hydrogen-bond donors (Lipinski definition) is 0. The Morgan fingerprint density at radius 1 is 0.366 bits per heavy atom. The van der Waals surface area contributed by atoms with Crippen molar-refractivity contribution in [2.75, 3.05) is 0 Å². The van der Waals surface area contributed by atoms with Gasteiger partial charge in [-0.2, -0.15) is 0 Å². The molecule has 0 N–H and O–H groups in total. The van der Waals surface area contributed by atoms with Crippen LogP contribution in [-0.4, -0.2) is 67.0 Å². The average Bonchev–Trinajstić information content (AvgIpc) is 2.93. The van der Waals surface area contributed by atoms with Crippen LogP contribution in [0.4, 0.5) is 0 Å². The van der Waals surface area contributed by atoms with Crippen molar-refractivity contribution in [3.8, 4) is 0 Å². The molecule has 0 unspecified atom stereocenters. The van der Waals surface area contributed by atoms with Crippen LogP contribution in [0.2, 0.25) is 0 Å². The van der Waals surface area contributed by atoms with Gasteiger partial charge in [0.25, 0.3) is 0 Å². The van der Waals surface area contributed by atoms with E-state index >= 15 is 0 Å². The molecule has 0 rings (SSSR count). The summed E-state index contributed by atoms with van der Waals surface area (Å²) in [7, 11) is 0. The Labute approximate surface area is 301 Å². The van der Waals surface area contributed by atoms with Crippen LogP contribution >= 0.6 is 0 Å². The summed E-state index contributed by atoms with van der Waals surface area (Å²) in [5.41, 5.74) is 0. The second-order valence-corrected chi connectivity index (χ2v) is 12.2. The smallest absolute Gasteiger partial charge is 1.00 e. The summed E-state index contributed by atoms with van der Waals surface area (Å²) in [5.74, 6) is -0.647. The van der Waals surface area contributed by atoms with E-state index in [1.807, 2.05) is 0 Å². The first-order valence-corrected chi connectivity index (χ1v) is 17.9. The van der Waals surface area contributed by atoms with Gasteiger partial charge in [0.2, 0.25) is 0 Å². The quantitative estimate of drug-likeness (QED) is 0.0324. The number of esters is 2. The Kier molecular flexibility index (Phi) is 46.3. The fraction of sp³-hybridized carbons (Fsp3) is 0.944. The zero-order valence-corrected chi connectivity index (χ0v) is 29.8. The van der Waals surface area contributed by atoms with Gasteiger partial charge in [-0.25, -0.2) is 0 Å². The van der Waals surface area contributed by atoms with Gasteiger partial charge < -0.3 is 7.59 Å². The van der Waals surface area contributed by atoms with Gasteiger partial charge in [-0.3, -0.25) is 9.59 Å². The topological polar surface area (TPSA) is 43.4 Å². The minimum Gasteiger partial charge on any atom is -1.00 e. The molecule has 0 aliphatic heterocycles. The number of unbranched alkanes of at least 4 members (excludes halogenated alkanes) is 28. The number of hydrogen-bond acceptors (Lipinski definition) is 3. The Hall–Kier alpha value is 0.932. The number of rotatable bonds is 32. The molecule has 0 radical (unpaired) electrons. The molecule has 3 nitrogen and oxygen atoms in total. The molecule has 0 atom stereocenters. The molecule has 0 aliphatic carbocycles. The molecule has 0 aliphatic rings. The molecule has 0 bridgehead atoms. The summed E-state index contributed by atoms with van der Waals surface area (Å²) < 4.78 is 5.01. The first-order valence-electron chi connectivity index (χ1n) is 17.9. The van der Waals surface area contributed by atoms with Crippen LogP contribution in [0.15, 0.2) is 0 Å². The Balaban J connectivity index is -0.00000120. The van der Waals surface area contributed by atoms with E-state index in [2.05, 4.69) is 13.8 Å². The summed E-state index contributed by atoms with van der Waals surface area (Å²) in [6.07, 6.45) is 40.1. The molecule has 0 aromatic carbocycles. The molecule has 0 spiro atoms. The van der Waals surface area contributed by atoms with Crippen LogP contribution in [0.1, 0.15) is 222 Å². The minimum atomic E-state index is -0.323. The number of carbonyl (C=O) groups excluding carboxylic acids is 2. The standard InChI is InChI=1S/C36H70O3.Al.Ca.5H/c1-3-5-7-9-11-13-15-17-19-21-23-25-27-29-31-33-35(37)39-36(38)34-32-30-28-26-24-22-20-18-16-14-12-10-8-6-4-2;;;;;;;/h3-34H2,1-2H3;;;;;;;/q;;+2;;;;2*-1. The maximum Gasteiger partial charge on any atom is 2.00 e. The fourth-order valence-electron chi connectivity index (χ4n) is 5.51. The van der Waals surface area contributed by atoms with Crippen molar-refractivity contribution in [2.45, 2.75) is 219 Å². The van der Waals surface area contributed by atoms with Crippen molar-refractivity contribution in [1.82, 2.24) is 0 Å². The zero-order valence-electron chi connectivity index (χ0n) is 29.6. The van der Waals surface area contributed by atoms with Crippen LogP contribution < -0.4 is 0 Å². The zero-order chi connectivity index (χ0) is 28.5. The Bertz CT molecular complexity index is 483. The summed E-state index contributed by atoms with van der Waals surface area (Å²) in [4.78, 5) is 23.8. The van der Waals surface area contributed by atoms with Crippen molar-refractivity contribution >= 4 is 67.0 Å². The normalized spacial score (nSPS) is 10.7. The summed E-state index contributed by atoms with van der Waals surface area (Å²) in [6.45, 7) is 4.55. The van der Waals surface area contributed by atoms with Crippen molar-refractivity contribution < 1.29 is 17.2 Å². The maximum absolute atomic E-state index is 11.9. The molecule has 5 heteroatoms. The third kappa shape index (κ3) is 40.9. The van der Waals surface area contributed by atoms with Crippen molar-refractivity contribution in [2.24, 2.45) is 0 Å². The van der Waals surface area contributed by atoms with E-state index in [9.17, 15) is 9.59 Å². The monoisotopic (exact) mass is 623 g/mol. The third-order valence-corrected chi connectivity index (χ3v) is 8.20. The van der Waals surface area contributed by atoms with Crippen molar-refractivity contribution in [3.63, 3.8) is 0 Å². The second-order valence-electron chi connectivity index (χ2n) is 12.2. The van der Waals surface area contributed by atoms with E-state index in [4.69, 9.17) is 4.74 Å². The first-order chi connectivity index (χ1) is 19.2. The van der Waals surface area contributed by atoms with Gasteiger partial charge in [-0.05, 0) is 12.8 Å². The van der Waals surface area contributed by atoms with Crippen molar-refractivity contribution in [3.05, 3.63) is 0 Å². The van der Waals surface area contributed by atoms with Crippen LogP contribution in [-0.2, 0) is 14.3 Å². The van der Waals surface area contributed by atoms with Gasteiger partial charge in [0.05, 0.1) is 0 Å². The molecule has 0 amide bonds. The second kappa shape index (κ2) is 40.9. The summed E-state index contributed by atoms with van der Waals surface area (Å²) in [5, 5.41) is 0. The molecular weight excluding hydrogens is 547 g/mol.